The molecule has 2 aliphatic carbocycles. The summed E-state index contributed by atoms with van der Waals surface area (Å²) in [6, 6.07) is 57.9. The van der Waals surface area contributed by atoms with Crippen molar-refractivity contribution in [1.82, 2.24) is 20.0 Å². The number of likely N-dealkylation sites (tertiary alicyclic amines) is 3. The minimum atomic E-state index is -0.949. The summed E-state index contributed by atoms with van der Waals surface area (Å²) in [6.07, 6.45) is 8.25. The van der Waals surface area contributed by atoms with E-state index >= 15 is 0 Å². The van der Waals surface area contributed by atoms with Crippen molar-refractivity contribution < 1.29 is 39.0 Å². The number of carboxylic acid groups (broad SMARTS) is 2. The van der Waals surface area contributed by atoms with E-state index in [1.165, 1.54) is 5.56 Å². The van der Waals surface area contributed by atoms with Crippen LogP contribution in [0.15, 0.2) is 182 Å². The minimum absolute atomic E-state index is 0.0122. The van der Waals surface area contributed by atoms with Crippen molar-refractivity contribution in [3.05, 3.63) is 215 Å². The lowest BCUT2D eigenvalue weighted by molar-refractivity contribution is -0.148. The Morgan fingerprint density at radius 3 is 1.21 bits per heavy atom. The monoisotopic (exact) mass is 1110 g/mol. The van der Waals surface area contributed by atoms with Gasteiger partial charge in [0.25, 0.3) is 0 Å². The van der Waals surface area contributed by atoms with Gasteiger partial charge in [-0.15, -0.1) is 0 Å². The van der Waals surface area contributed by atoms with Crippen molar-refractivity contribution in [2.45, 2.75) is 112 Å². The van der Waals surface area contributed by atoms with Crippen LogP contribution in [0.1, 0.15) is 121 Å². The number of nitrogens with zero attached hydrogens (tertiary/aromatic N) is 3. The number of carboxylic acids is 2. The van der Waals surface area contributed by atoms with Crippen LogP contribution in [0.2, 0.25) is 0 Å². The lowest BCUT2D eigenvalue weighted by Crippen LogP contribution is -2.48. The van der Waals surface area contributed by atoms with Gasteiger partial charge in [0.15, 0.2) is 0 Å². The van der Waals surface area contributed by atoms with Gasteiger partial charge in [-0.3, -0.25) is 33.8 Å². The van der Waals surface area contributed by atoms with Gasteiger partial charge in [0, 0.05) is 49.9 Å². The third-order valence-corrected chi connectivity index (χ3v) is 19.0. The molecule has 6 fully saturated rings. The molecule has 13 heteroatoms. The van der Waals surface area contributed by atoms with Gasteiger partial charge in [0.2, 0.25) is 11.1 Å². The van der Waals surface area contributed by atoms with Gasteiger partial charge in [-0.05, 0) is 133 Å². The first-order valence-corrected chi connectivity index (χ1v) is 29.2. The van der Waals surface area contributed by atoms with E-state index in [2.05, 4.69) is 39.4 Å². The fourth-order valence-corrected chi connectivity index (χ4v) is 14.8. The SMILES string of the molecule is O=C(Cl)C(c1ccccc1)c1ccccc1.O=C1CCC2(CCN([C@@H]3CN[C@H](C(=O)O)C3)CC2)C1c1ccccc1.O=C1CCC2(CCN([C@H]3C[C@@H](C(=O)O)N(C(=O)C(c4ccccc4)c4ccccc4)C3)CC2)C1c1ccccc1. The molecule has 4 heterocycles. The van der Waals surface area contributed by atoms with E-state index in [1.54, 1.807) is 4.90 Å². The van der Waals surface area contributed by atoms with E-state index in [4.69, 9.17) is 16.7 Å². The summed E-state index contributed by atoms with van der Waals surface area (Å²) in [5.41, 5.74) is 5.95. The highest BCUT2D eigenvalue weighted by Gasteiger charge is 2.53. The number of nitrogens with one attached hydrogen (secondary N) is 1. The average molecular weight is 1110 g/mol. The second-order valence-corrected chi connectivity index (χ2v) is 23.5. The van der Waals surface area contributed by atoms with E-state index in [1.807, 2.05) is 158 Å². The van der Waals surface area contributed by atoms with Crippen LogP contribution in [0.5, 0.6) is 0 Å². The number of hydrogen-bond acceptors (Lipinski definition) is 9. The molecule has 12 nitrogen and oxygen atoms in total. The largest absolute Gasteiger partial charge is 0.480 e. The van der Waals surface area contributed by atoms with E-state index in [-0.39, 0.29) is 45.8 Å². The molecule has 0 radical (unpaired) electrons. The Morgan fingerprint density at radius 2 is 0.852 bits per heavy atom. The predicted molar refractivity (Wildman–Crippen MR) is 313 cm³/mol. The van der Waals surface area contributed by atoms with Gasteiger partial charge < -0.3 is 20.4 Å². The summed E-state index contributed by atoms with van der Waals surface area (Å²) in [5, 5.41) is 22.1. The maximum absolute atomic E-state index is 14.1. The molecule has 1 amide bonds. The number of rotatable bonds is 12. The molecule has 0 aromatic heterocycles. The molecule has 420 valence electrons. The summed E-state index contributed by atoms with van der Waals surface area (Å²) in [7, 11) is 0. The van der Waals surface area contributed by atoms with Crippen LogP contribution in [0, 0.1) is 10.8 Å². The Bertz CT molecular complexity index is 3020. The molecule has 12 rings (SSSR count). The Morgan fingerprint density at radius 1 is 0.481 bits per heavy atom. The Hall–Kier alpha value is -7.09. The molecule has 2 unspecified atom stereocenters. The first-order chi connectivity index (χ1) is 39.3. The lowest BCUT2D eigenvalue weighted by Gasteiger charge is -2.44. The smallest absolute Gasteiger partial charge is 0.326 e. The Labute approximate surface area is 480 Å². The fraction of sp³-hybridized carbons (Fsp3) is 0.382. The van der Waals surface area contributed by atoms with E-state index in [0.717, 1.165) is 99.1 Å². The van der Waals surface area contributed by atoms with E-state index in [9.17, 15) is 33.9 Å². The number of hydrogen-bond donors (Lipinski definition) is 3. The van der Waals surface area contributed by atoms with Crippen molar-refractivity contribution in [1.29, 1.82) is 0 Å². The second-order valence-electron chi connectivity index (χ2n) is 23.2. The molecule has 0 bridgehead atoms. The third kappa shape index (κ3) is 12.7. The molecule has 6 atom stereocenters. The van der Waals surface area contributed by atoms with Crippen molar-refractivity contribution in [3.8, 4) is 0 Å². The summed E-state index contributed by atoms with van der Waals surface area (Å²) in [4.78, 5) is 81.3. The van der Waals surface area contributed by atoms with Gasteiger partial charge >= 0.3 is 11.9 Å². The summed E-state index contributed by atoms with van der Waals surface area (Å²) in [6.45, 7) is 4.72. The highest BCUT2D eigenvalue weighted by atomic mass is 35.5. The first-order valence-electron chi connectivity index (χ1n) is 28.9. The van der Waals surface area contributed by atoms with Crippen molar-refractivity contribution in [2.75, 3.05) is 39.3 Å². The minimum Gasteiger partial charge on any atom is -0.480 e. The van der Waals surface area contributed by atoms with Crippen LogP contribution in [0.4, 0.5) is 0 Å². The van der Waals surface area contributed by atoms with Gasteiger partial charge in [-0.25, -0.2) is 4.79 Å². The maximum atomic E-state index is 14.1. The third-order valence-electron chi connectivity index (χ3n) is 18.8. The summed E-state index contributed by atoms with van der Waals surface area (Å²) in [5.74, 6) is -2.05. The van der Waals surface area contributed by atoms with Gasteiger partial charge in [0.1, 0.15) is 23.7 Å². The lowest BCUT2D eigenvalue weighted by atomic mass is 9.68. The number of Topliss-reactive ketones (excluding diaryl/α,β-unsaturated/α-hetero) is 2. The van der Waals surface area contributed by atoms with Crippen molar-refractivity contribution in [3.63, 3.8) is 0 Å². The fourth-order valence-electron chi connectivity index (χ4n) is 14.5. The molecule has 4 aliphatic heterocycles. The number of ketones is 2. The van der Waals surface area contributed by atoms with Crippen molar-refractivity contribution in [2.24, 2.45) is 10.8 Å². The normalized spacial score (nSPS) is 24.2. The number of carbonyl (C=O) groups is 6. The number of carbonyl (C=O) groups excluding carboxylic acids is 4. The standard InChI is InChI=1S/C34H36N2O4.C20H26N2O3.C14H11ClO/c37-29-16-17-34(31(29)26-14-8-3-9-15-26)18-20-35(21-19-34)27-22-28(33(39)40)36(23-27)32(38)30(24-10-4-1-5-11-24)25-12-6-2-7-13-25;23-17-6-7-20(18(17)14-4-2-1-3-5-14)8-10-22(11-9-20)15-12-16(19(24)25)21-13-15;15-14(16)13(11-7-3-1-4-8-11)12-9-5-2-6-10-12/h1-15,27-28,30-31H,16-23H2,(H,39,40);1-5,15-16,18,21H,6-13H2,(H,24,25);1-10,13H/t27-,28-,31?;15-,16-,18?;/m00./s1. The molecular weight excluding hydrogens is 1040 g/mol. The first kappa shape index (κ1) is 57.2. The average Bonchev–Trinajstić information content (AvgIpc) is 4.41. The van der Waals surface area contributed by atoms with Crippen LogP contribution in [-0.4, -0.2) is 123 Å². The molecule has 81 heavy (non-hydrogen) atoms. The number of halogens is 1. The Balaban J connectivity index is 0.000000152. The van der Waals surface area contributed by atoms with Crippen LogP contribution >= 0.6 is 11.6 Å². The predicted octanol–water partition coefficient (Wildman–Crippen LogP) is 10.7. The molecule has 4 saturated heterocycles. The van der Waals surface area contributed by atoms with Crippen LogP contribution in [-0.2, 0) is 28.8 Å². The summed E-state index contributed by atoms with van der Waals surface area (Å²) >= 11 is 5.67. The molecular formula is C68H73ClN4O8. The molecule has 3 N–H and O–H groups in total. The molecule has 6 aliphatic rings. The van der Waals surface area contributed by atoms with Crippen LogP contribution < -0.4 is 5.32 Å². The quantitative estimate of drug-likeness (QED) is 0.0999. The van der Waals surface area contributed by atoms with Gasteiger partial charge in [-0.2, -0.15) is 0 Å². The van der Waals surface area contributed by atoms with E-state index < -0.39 is 29.9 Å². The molecule has 2 spiro atoms. The molecule has 6 aromatic carbocycles. The van der Waals surface area contributed by atoms with Crippen LogP contribution in [0.3, 0.4) is 0 Å². The highest BCUT2D eigenvalue weighted by Crippen LogP contribution is 2.55. The zero-order valence-corrected chi connectivity index (χ0v) is 46.6. The van der Waals surface area contributed by atoms with Crippen LogP contribution in [0.25, 0.3) is 0 Å². The number of benzene rings is 6. The topological polar surface area (TPSA) is 165 Å². The Kier molecular flexibility index (Phi) is 18.2. The zero-order chi connectivity index (χ0) is 56.5. The number of amides is 1. The maximum Gasteiger partial charge on any atom is 0.326 e. The summed E-state index contributed by atoms with van der Waals surface area (Å²) < 4.78 is 0. The second kappa shape index (κ2) is 25.8. The number of aliphatic carboxylic acids is 2. The van der Waals surface area contributed by atoms with Gasteiger partial charge in [0.05, 0.1) is 11.8 Å². The number of piperidine rings is 2. The molecule has 2 saturated carbocycles. The highest BCUT2D eigenvalue weighted by molar-refractivity contribution is 6.65. The zero-order valence-electron chi connectivity index (χ0n) is 45.8. The molecule has 6 aromatic rings. The van der Waals surface area contributed by atoms with E-state index in [0.29, 0.717) is 49.8 Å². The van der Waals surface area contributed by atoms with Crippen molar-refractivity contribution >= 4 is 46.3 Å². The van der Waals surface area contributed by atoms with Gasteiger partial charge in [-0.1, -0.05) is 182 Å².